The van der Waals surface area contributed by atoms with Crippen molar-refractivity contribution in [3.63, 3.8) is 0 Å². The molecule has 2 heterocycles. The number of carbonyl (C=O) groups excluding carboxylic acids is 1. The van der Waals surface area contributed by atoms with Gasteiger partial charge in [-0.05, 0) is 35.7 Å². The van der Waals surface area contributed by atoms with Crippen LogP contribution in [0.2, 0.25) is 0 Å². The van der Waals surface area contributed by atoms with Gasteiger partial charge in [-0.25, -0.2) is 18.6 Å². The van der Waals surface area contributed by atoms with Crippen LogP contribution < -0.4 is 0 Å². The molecule has 1 aromatic heterocycles. The molecule has 0 bridgehead atoms. The maximum atomic E-state index is 13.1. The van der Waals surface area contributed by atoms with Crippen molar-refractivity contribution >= 4 is 29.3 Å². The molecule has 1 aliphatic rings. The SMILES string of the molecule is O=C1OC(c2ccc(F)c(F)c2)=N/C1=C\c1cccs1. The van der Waals surface area contributed by atoms with Gasteiger partial charge in [0.25, 0.3) is 0 Å². The third-order valence-corrected chi connectivity index (χ3v) is 3.43. The van der Waals surface area contributed by atoms with Crippen LogP contribution in [0.5, 0.6) is 0 Å². The van der Waals surface area contributed by atoms with Gasteiger partial charge in [-0.2, -0.15) is 0 Å². The second-order valence-corrected chi connectivity index (χ2v) is 4.96. The van der Waals surface area contributed by atoms with Gasteiger partial charge in [0.15, 0.2) is 17.3 Å². The molecule has 0 saturated heterocycles. The average Bonchev–Trinajstić information content (AvgIpc) is 3.04. The molecule has 0 fully saturated rings. The van der Waals surface area contributed by atoms with E-state index in [0.29, 0.717) is 0 Å². The fourth-order valence-corrected chi connectivity index (χ4v) is 2.32. The number of cyclic esters (lactones) is 1. The molecule has 3 rings (SSSR count). The molecule has 0 amide bonds. The Hall–Kier alpha value is -2.34. The smallest absolute Gasteiger partial charge is 0.363 e. The van der Waals surface area contributed by atoms with Crippen LogP contribution in [0.3, 0.4) is 0 Å². The number of hydrogen-bond donors (Lipinski definition) is 0. The summed E-state index contributed by atoms with van der Waals surface area (Å²) in [6.45, 7) is 0. The molecule has 0 unspecified atom stereocenters. The topological polar surface area (TPSA) is 38.7 Å². The lowest BCUT2D eigenvalue weighted by Crippen LogP contribution is -2.06. The van der Waals surface area contributed by atoms with E-state index in [1.54, 1.807) is 6.08 Å². The summed E-state index contributed by atoms with van der Waals surface area (Å²) in [7, 11) is 0. The quantitative estimate of drug-likeness (QED) is 0.628. The van der Waals surface area contributed by atoms with Gasteiger partial charge in [0.2, 0.25) is 5.90 Å². The Morgan fingerprint density at radius 3 is 2.75 bits per heavy atom. The van der Waals surface area contributed by atoms with Crippen LogP contribution in [0.1, 0.15) is 10.4 Å². The van der Waals surface area contributed by atoms with Crippen molar-refractivity contribution < 1.29 is 18.3 Å². The number of benzene rings is 1. The summed E-state index contributed by atoms with van der Waals surface area (Å²) in [5, 5.41) is 1.87. The van der Waals surface area contributed by atoms with E-state index in [1.165, 1.54) is 17.4 Å². The minimum Gasteiger partial charge on any atom is -0.402 e. The van der Waals surface area contributed by atoms with Crippen molar-refractivity contribution in [3.05, 3.63) is 63.5 Å². The molecule has 0 spiro atoms. The molecule has 0 N–H and O–H groups in total. The molecule has 3 nitrogen and oxygen atoms in total. The third-order valence-electron chi connectivity index (χ3n) is 2.61. The number of aliphatic imine (C=N–C) groups is 1. The lowest BCUT2D eigenvalue weighted by Gasteiger charge is -1.99. The van der Waals surface area contributed by atoms with Crippen molar-refractivity contribution in [2.75, 3.05) is 0 Å². The number of thiophene rings is 1. The molecule has 0 radical (unpaired) electrons. The summed E-state index contributed by atoms with van der Waals surface area (Å²) in [5.41, 5.74) is 0.346. The summed E-state index contributed by atoms with van der Waals surface area (Å²) < 4.78 is 31.0. The lowest BCUT2D eigenvalue weighted by molar-refractivity contribution is -0.129. The second kappa shape index (κ2) is 4.97. The van der Waals surface area contributed by atoms with Crippen LogP contribution >= 0.6 is 11.3 Å². The number of rotatable bonds is 2. The highest BCUT2D eigenvalue weighted by Gasteiger charge is 2.24. The number of halogens is 2. The van der Waals surface area contributed by atoms with Crippen LogP contribution in [0.15, 0.2) is 46.4 Å². The van der Waals surface area contributed by atoms with Crippen LogP contribution in [-0.2, 0) is 9.53 Å². The minimum absolute atomic E-state index is 0.0308. The van der Waals surface area contributed by atoms with Crippen molar-refractivity contribution in [1.82, 2.24) is 0 Å². The minimum atomic E-state index is -1.02. The van der Waals surface area contributed by atoms with Gasteiger partial charge in [0.05, 0.1) is 0 Å². The molecule has 1 aliphatic heterocycles. The van der Waals surface area contributed by atoms with E-state index >= 15 is 0 Å². The first-order valence-corrected chi connectivity index (χ1v) is 6.53. The molecule has 1 aromatic carbocycles. The number of carbonyl (C=O) groups is 1. The van der Waals surface area contributed by atoms with E-state index in [2.05, 4.69) is 4.99 Å². The number of esters is 1. The van der Waals surface area contributed by atoms with Crippen LogP contribution in [0.25, 0.3) is 6.08 Å². The molecule has 6 heteroatoms. The van der Waals surface area contributed by atoms with Crippen molar-refractivity contribution in [2.45, 2.75) is 0 Å². The summed E-state index contributed by atoms with van der Waals surface area (Å²) in [5.74, 6) is -2.63. The summed E-state index contributed by atoms with van der Waals surface area (Å²) in [6.07, 6.45) is 1.58. The predicted molar refractivity (Wildman–Crippen MR) is 71.3 cm³/mol. The summed E-state index contributed by atoms with van der Waals surface area (Å²) in [6, 6.07) is 6.88. The first kappa shape index (κ1) is 12.7. The molecule has 0 atom stereocenters. The molecule has 0 aliphatic carbocycles. The largest absolute Gasteiger partial charge is 0.402 e. The average molecular weight is 291 g/mol. The van der Waals surface area contributed by atoms with Gasteiger partial charge in [-0.15, -0.1) is 11.3 Å². The van der Waals surface area contributed by atoms with Gasteiger partial charge in [0, 0.05) is 10.4 Å². The maximum Gasteiger partial charge on any atom is 0.363 e. The van der Waals surface area contributed by atoms with Crippen molar-refractivity contribution in [1.29, 1.82) is 0 Å². The van der Waals surface area contributed by atoms with Gasteiger partial charge in [0.1, 0.15) is 0 Å². The van der Waals surface area contributed by atoms with E-state index < -0.39 is 17.6 Å². The van der Waals surface area contributed by atoms with Gasteiger partial charge in [-0.1, -0.05) is 6.07 Å². The third kappa shape index (κ3) is 2.37. The zero-order valence-electron chi connectivity index (χ0n) is 9.97. The molecular weight excluding hydrogens is 284 g/mol. The Morgan fingerprint density at radius 1 is 1.20 bits per heavy atom. The summed E-state index contributed by atoms with van der Waals surface area (Å²) >= 11 is 1.45. The monoisotopic (exact) mass is 291 g/mol. The highest BCUT2D eigenvalue weighted by atomic mass is 32.1. The highest BCUT2D eigenvalue weighted by Crippen LogP contribution is 2.21. The number of nitrogens with zero attached hydrogens (tertiary/aromatic N) is 1. The fraction of sp³-hybridized carbons (Fsp3) is 0. The predicted octanol–water partition coefficient (Wildman–Crippen LogP) is 3.37. The standard InChI is InChI=1S/C14H7F2NO2S/c15-10-4-3-8(6-11(10)16)13-17-12(14(18)19-13)7-9-2-1-5-20-9/h1-7H/b12-7-. The lowest BCUT2D eigenvalue weighted by atomic mass is 10.2. The Balaban J connectivity index is 1.96. The van der Waals surface area contributed by atoms with E-state index in [1.807, 2.05) is 17.5 Å². The van der Waals surface area contributed by atoms with Crippen LogP contribution in [0.4, 0.5) is 8.78 Å². The Kier molecular flexibility index (Phi) is 3.15. The highest BCUT2D eigenvalue weighted by molar-refractivity contribution is 7.10. The Labute approximate surface area is 116 Å². The first-order valence-electron chi connectivity index (χ1n) is 5.65. The van der Waals surface area contributed by atoms with E-state index in [4.69, 9.17) is 4.74 Å². The van der Waals surface area contributed by atoms with Crippen LogP contribution in [-0.4, -0.2) is 11.9 Å². The molecule has 0 saturated carbocycles. The molecule has 2 aromatic rings. The van der Waals surface area contributed by atoms with Gasteiger partial charge < -0.3 is 4.74 Å². The van der Waals surface area contributed by atoms with Gasteiger partial charge >= 0.3 is 5.97 Å². The van der Waals surface area contributed by atoms with E-state index in [0.717, 1.165) is 17.0 Å². The van der Waals surface area contributed by atoms with Gasteiger partial charge in [-0.3, -0.25) is 0 Å². The molecular formula is C14H7F2NO2S. The maximum absolute atomic E-state index is 13.1. The Morgan fingerprint density at radius 2 is 2.05 bits per heavy atom. The van der Waals surface area contributed by atoms with E-state index in [-0.39, 0.29) is 17.2 Å². The first-order chi connectivity index (χ1) is 9.63. The summed E-state index contributed by atoms with van der Waals surface area (Å²) in [4.78, 5) is 16.5. The van der Waals surface area contributed by atoms with Crippen molar-refractivity contribution in [2.24, 2.45) is 4.99 Å². The van der Waals surface area contributed by atoms with E-state index in [9.17, 15) is 13.6 Å². The molecule has 20 heavy (non-hydrogen) atoms. The number of hydrogen-bond acceptors (Lipinski definition) is 4. The number of ether oxygens (including phenoxy) is 1. The normalized spacial score (nSPS) is 16.4. The zero-order chi connectivity index (χ0) is 14.1. The fourth-order valence-electron chi connectivity index (χ4n) is 1.67. The molecule has 100 valence electrons. The second-order valence-electron chi connectivity index (χ2n) is 3.98. The van der Waals surface area contributed by atoms with Crippen LogP contribution in [0, 0.1) is 11.6 Å². The Bertz CT molecular complexity index is 736. The van der Waals surface area contributed by atoms with Crippen molar-refractivity contribution in [3.8, 4) is 0 Å². The zero-order valence-corrected chi connectivity index (χ0v) is 10.8.